The van der Waals surface area contributed by atoms with Crippen molar-refractivity contribution in [3.8, 4) is 5.69 Å². The van der Waals surface area contributed by atoms with E-state index in [9.17, 15) is 19.1 Å². The Bertz CT molecular complexity index is 1170. The molecule has 0 saturated heterocycles. The van der Waals surface area contributed by atoms with Crippen LogP contribution < -0.4 is 0 Å². The third-order valence-electron chi connectivity index (χ3n) is 5.68. The third kappa shape index (κ3) is 2.81. The number of hydrogen-bond donors (Lipinski definition) is 1. The SMILES string of the molecule is O=C(O)c1ccc2c(c1)CN(C(=O)c1nn(-c3ccccc3F)c3c1CCC3)C2. The van der Waals surface area contributed by atoms with E-state index in [4.69, 9.17) is 0 Å². The highest BCUT2D eigenvalue weighted by Gasteiger charge is 2.32. The first-order valence-corrected chi connectivity index (χ1v) is 9.53. The number of aromatic nitrogens is 2. The third-order valence-corrected chi connectivity index (χ3v) is 5.68. The average molecular weight is 391 g/mol. The van der Waals surface area contributed by atoms with Gasteiger partial charge in [-0.3, -0.25) is 4.79 Å². The summed E-state index contributed by atoms with van der Waals surface area (Å²) in [5.74, 6) is -1.57. The number of aromatic carboxylic acids is 1. The van der Waals surface area contributed by atoms with Gasteiger partial charge in [0, 0.05) is 24.3 Å². The van der Waals surface area contributed by atoms with Gasteiger partial charge in [-0.15, -0.1) is 0 Å². The highest BCUT2D eigenvalue weighted by Crippen LogP contribution is 2.31. The summed E-state index contributed by atoms with van der Waals surface area (Å²) in [6, 6.07) is 11.4. The van der Waals surface area contributed by atoms with Crippen molar-refractivity contribution in [3.63, 3.8) is 0 Å². The van der Waals surface area contributed by atoms with Crippen molar-refractivity contribution in [1.82, 2.24) is 14.7 Å². The normalized spacial score (nSPS) is 14.7. The van der Waals surface area contributed by atoms with Crippen molar-refractivity contribution >= 4 is 11.9 Å². The number of carboxylic acid groups (broad SMARTS) is 1. The topological polar surface area (TPSA) is 75.4 Å². The maximum Gasteiger partial charge on any atom is 0.335 e. The van der Waals surface area contributed by atoms with Crippen LogP contribution in [-0.4, -0.2) is 31.7 Å². The number of rotatable bonds is 3. The molecule has 146 valence electrons. The van der Waals surface area contributed by atoms with Crippen LogP contribution >= 0.6 is 0 Å². The largest absolute Gasteiger partial charge is 0.478 e. The number of benzene rings is 2. The number of para-hydroxylation sites is 1. The van der Waals surface area contributed by atoms with E-state index in [1.165, 1.54) is 6.07 Å². The second-order valence-corrected chi connectivity index (χ2v) is 7.44. The van der Waals surface area contributed by atoms with Crippen LogP contribution in [0.3, 0.4) is 0 Å². The fourth-order valence-corrected chi connectivity index (χ4v) is 4.25. The Morgan fingerprint density at radius 1 is 1.03 bits per heavy atom. The van der Waals surface area contributed by atoms with E-state index in [1.807, 2.05) is 0 Å². The molecule has 0 spiro atoms. The van der Waals surface area contributed by atoms with E-state index in [1.54, 1.807) is 46.0 Å². The fourth-order valence-electron chi connectivity index (χ4n) is 4.25. The zero-order valence-corrected chi connectivity index (χ0v) is 15.6. The molecule has 29 heavy (non-hydrogen) atoms. The molecule has 5 rings (SSSR count). The standard InChI is InChI=1S/C22H18FN3O3/c23-17-5-1-2-6-19(17)26-18-7-3-4-16(18)20(24-26)21(27)25-11-14-9-8-13(22(28)29)10-15(14)12-25/h1-2,5-6,8-10H,3-4,7,11-12H2,(H,28,29). The predicted octanol–water partition coefficient (Wildman–Crippen LogP) is 3.35. The number of amides is 1. The highest BCUT2D eigenvalue weighted by molar-refractivity contribution is 5.95. The molecule has 6 nitrogen and oxygen atoms in total. The molecular weight excluding hydrogens is 373 g/mol. The van der Waals surface area contributed by atoms with Gasteiger partial charge in [0.1, 0.15) is 11.5 Å². The van der Waals surface area contributed by atoms with Gasteiger partial charge in [-0.2, -0.15) is 5.10 Å². The van der Waals surface area contributed by atoms with Gasteiger partial charge in [-0.05, 0) is 54.7 Å². The Morgan fingerprint density at radius 2 is 1.83 bits per heavy atom. The summed E-state index contributed by atoms with van der Waals surface area (Å²) in [5, 5.41) is 13.7. The molecule has 0 atom stereocenters. The van der Waals surface area contributed by atoms with Gasteiger partial charge in [0.25, 0.3) is 5.91 Å². The lowest BCUT2D eigenvalue weighted by Crippen LogP contribution is -2.26. The Labute approximate surface area is 166 Å². The van der Waals surface area contributed by atoms with Crippen molar-refractivity contribution in [1.29, 1.82) is 0 Å². The summed E-state index contributed by atoms with van der Waals surface area (Å²) in [4.78, 5) is 26.1. The maximum absolute atomic E-state index is 14.3. The number of hydrogen-bond acceptors (Lipinski definition) is 3. The molecule has 1 amide bonds. The summed E-state index contributed by atoms with van der Waals surface area (Å²) >= 11 is 0. The van der Waals surface area contributed by atoms with Crippen LogP contribution in [-0.2, 0) is 25.9 Å². The minimum atomic E-state index is -0.987. The van der Waals surface area contributed by atoms with Crippen LogP contribution in [0.2, 0.25) is 0 Å². The van der Waals surface area contributed by atoms with E-state index < -0.39 is 5.97 Å². The summed E-state index contributed by atoms with van der Waals surface area (Å²) in [5.41, 5.74) is 4.48. The Kier molecular flexibility index (Phi) is 3.97. The number of carboxylic acids is 1. The predicted molar refractivity (Wildman–Crippen MR) is 103 cm³/mol. The van der Waals surface area contributed by atoms with Crippen molar-refractivity contribution in [2.75, 3.05) is 0 Å². The first kappa shape index (κ1) is 17.6. The molecule has 0 unspecified atom stereocenters. The molecule has 1 aliphatic carbocycles. The lowest BCUT2D eigenvalue weighted by molar-refractivity contribution is 0.0696. The molecule has 0 bridgehead atoms. The van der Waals surface area contributed by atoms with Crippen LogP contribution in [0.5, 0.6) is 0 Å². The highest BCUT2D eigenvalue weighted by atomic mass is 19.1. The van der Waals surface area contributed by atoms with E-state index in [0.717, 1.165) is 41.6 Å². The Balaban J connectivity index is 1.49. The van der Waals surface area contributed by atoms with Gasteiger partial charge in [-0.25, -0.2) is 13.9 Å². The monoisotopic (exact) mass is 391 g/mol. The van der Waals surface area contributed by atoms with Crippen LogP contribution in [0, 0.1) is 5.82 Å². The summed E-state index contributed by atoms with van der Waals surface area (Å²) in [6.07, 6.45) is 2.41. The molecular formula is C22H18FN3O3. The number of nitrogens with zero attached hydrogens (tertiary/aromatic N) is 3. The molecule has 2 aliphatic rings. The van der Waals surface area contributed by atoms with Crippen molar-refractivity contribution < 1.29 is 19.1 Å². The van der Waals surface area contributed by atoms with Gasteiger partial charge in [0.2, 0.25) is 0 Å². The quantitative estimate of drug-likeness (QED) is 0.743. The molecule has 1 aliphatic heterocycles. The second kappa shape index (κ2) is 6.55. The van der Waals surface area contributed by atoms with Gasteiger partial charge >= 0.3 is 5.97 Å². The molecule has 1 N–H and O–H groups in total. The minimum Gasteiger partial charge on any atom is -0.478 e. The molecule has 2 aromatic carbocycles. The Hall–Kier alpha value is -3.48. The van der Waals surface area contributed by atoms with Gasteiger partial charge in [-0.1, -0.05) is 18.2 Å². The molecule has 1 aromatic heterocycles. The van der Waals surface area contributed by atoms with Crippen LogP contribution in [0.4, 0.5) is 4.39 Å². The molecule has 0 saturated carbocycles. The van der Waals surface area contributed by atoms with E-state index in [0.29, 0.717) is 24.5 Å². The van der Waals surface area contributed by atoms with Gasteiger partial charge < -0.3 is 10.0 Å². The number of carbonyl (C=O) groups is 2. The van der Waals surface area contributed by atoms with Crippen LogP contribution in [0.15, 0.2) is 42.5 Å². The summed E-state index contributed by atoms with van der Waals surface area (Å²) in [7, 11) is 0. The zero-order valence-electron chi connectivity index (χ0n) is 15.6. The van der Waals surface area contributed by atoms with Crippen molar-refractivity contribution in [2.24, 2.45) is 0 Å². The first-order valence-electron chi connectivity index (χ1n) is 9.53. The first-order chi connectivity index (χ1) is 14.0. The van der Waals surface area contributed by atoms with E-state index in [2.05, 4.69) is 5.10 Å². The zero-order chi connectivity index (χ0) is 20.1. The van der Waals surface area contributed by atoms with E-state index in [-0.39, 0.29) is 17.3 Å². The molecule has 7 heteroatoms. The van der Waals surface area contributed by atoms with Crippen LogP contribution in [0.1, 0.15) is 49.7 Å². The molecule has 0 radical (unpaired) electrons. The minimum absolute atomic E-state index is 0.202. The number of carbonyl (C=O) groups excluding carboxylic acids is 1. The molecule has 0 fully saturated rings. The smallest absolute Gasteiger partial charge is 0.335 e. The van der Waals surface area contributed by atoms with Crippen molar-refractivity contribution in [3.05, 3.63) is 81.9 Å². The number of fused-ring (bicyclic) bond motifs is 2. The Morgan fingerprint density at radius 3 is 2.62 bits per heavy atom. The van der Waals surface area contributed by atoms with Crippen molar-refractivity contribution in [2.45, 2.75) is 32.4 Å². The lowest BCUT2D eigenvalue weighted by atomic mass is 10.1. The van der Waals surface area contributed by atoms with E-state index >= 15 is 0 Å². The van der Waals surface area contributed by atoms with Gasteiger partial charge in [0.15, 0.2) is 5.69 Å². The molecule has 3 aromatic rings. The second-order valence-electron chi connectivity index (χ2n) is 7.44. The summed E-state index contributed by atoms with van der Waals surface area (Å²) in [6.45, 7) is 0.756. The fraction of sp³-hybridized carbons (Fsp3) is 0.227. The average Bonchev–Trinajstić information content (AvgIpc) is 3.42. The molecule has 2 heterocycles. The number of halogens is 1. The van der Waals surface area contributed by atoms with Gasteiger partial charge in [0.05, 0.1) is 5.56 Å². The summed E-state index contributed by atoms with van der Waals surface area (Å²) < 4.78 is 15.9. The maximum atomic E-state index is 14.3. The van der Waals surface area contributed by atoms with Crippen LogP contribution in [0.25, 0.3) is 5.69 Å². The lowest BCUT2D eigenvalue weighted by Gasteiger charge is -2.14.